The molecule has 3 aromatic rings. The lowest BCUT2D eigenvalue weighted by atomic mass is 10.2. The summed E-state index contributed by atoms with van der Waals surface area (Å²) in [7, 11) is 3.04. The van der Waals surface area contributed by atoms with E-state index in [1.807, 2.05) is 24.3 Å². The zero-order valence-electron chi connectivity index (χ0n) is 12.6. The molecule has 0 spiro atoms. The average molecular weight is 300 g/mol. The van der Waals surface area contributed by atoms with Crippen LogP contribution in [-0.2, 0) is 18.3 Å². The number of carbonyl (C=O) groups excluding carboxylic acids is 1. The lowest BCUT2D eigenvalue weighted by Gasteiger charge is -2.00. The van der Waals surface area contributed by atoms with E-state index >= 15 is 0 Å². The highest BCUT2D eigenvalue weighted by Gasteiger charge is 2.18. The van der Waals surface area contributed by atoms with Crippen molar-refractivity contribution in [3.63, 3.8) is 0 Å². The number of para-hydroxylation sites is 2. The lowest BCUT2D eigenvalue weighted by Crippen LogP contribution is -2.22. The molecule has 3 rings (SSSR count). The number of furan rings is 1. The molecular formula is C16H16N2O4. The Labute approximate surface area is 126 Å². The van der Waals surface area contributed by atoms with Gasteiger partial charge in [-0.25, -0.2) is 9.59 Å². The van der Waals surface area contributed by atoms with Crippen molar-refractivity contribution in [2.24, 2.45) is 7.05 Å². The number of methoxy groups -OCH3 is 1. The molecule has 0 aliphatic carbocycles. The van der Waals surface area contributed by atoms with E-state index in [-0.39, 0.29) is 18.0 Å². The van der Waals surface area contributed by atoms with Crippen LogP contribution < -0.4 is 5.69 Å². The summed E-state index contributed by atoms with van der Waals surface area (Å²) in [4.78, 5) is 24.0. The fourth-order valence-electron chi connectivity index (χ4n) is 2.59. The molecule has 0 amide bonds. The minimum Gasteiger partial charge on any atom is -0.463 e. The van der Waals surface area contributed by atoms with Gasteiger partial charge in [-0.15, -0.1) is 0 Å². The number of esters is 1. The highest BCUT2D eigenvalue weighted by Crippen LogP contribution is 2.18. The monoisotopic (exact) mass is 300 g/mol. The third kappa shape index (κ3) is 2.13. The van der Waals surface area contributed by atoms with Crippen LogP contribution in [0.2, 0.25) is 0 Å². The molecule has 2 aromatic heterocycles. The summed E-state index contributed by atoms with van der Waals surface area (Å²) in [5.74, 6) is 0.191. The number of aryl methyl sites for hydroxylation is 2. The topological polar surface area (TPSA) is 66.4 Å². The van der Waals surface area contributed by atoms with Crippen LogP contribution in [0.3, 0.4) is 0 Å². The number of rotatable bonds is 3. The van der Waals surface area contributed by atoms with Crippen LogP contribution in [-0.4, -0.2) is 22.2 Å². The normalized spacial score (nSPS) is 11.0. The number of hydrogen-bond acceptors (Lipinski definition) is 4. The molecule has 0 fully saturated rings. The zero-order valence-corrected chi connectivity index (χ0v) is 12.6. The first-order chi connectivity index (χ1) is 10.5. The number of ether oxygens (including phenoxy) is 1. The van der Waals surface area contributed by atoms with E-state index in [9.17, 15) is 9.59 Å². The molecule has 0 saturated heterocycles. The lowest BCUT2D eigenvalue weighted by molar-refractivity contribution is 0.0561. The van der Waals surface area contributed by atoms with E-state index in [4.69, 9.17) is 4.42 Å². The summed E-state index contributed by atoms with van der Waals surface area (Å²) < 4.78 is 13.4. The minimum absolute atomic E-state index is 0.130. The Bertz CT molecular complexity index is 914. The molecule has 0 aliphatic heterocycles. The van der Waals surface area contributed by atoms with Gasteiger partial charge in [-0.3, -0.25) is 9.13 Å². The molecule has 22 heavy (non-hydrogen) atoms. The maximum atomic E-state index is 12.4. The predicted octanol–water partition coefficient (Wildman–Crippen LogP) is 2.08. The Morgan fingerprint density at radius 3 is 2.64 bits per heavy atom. The van der Waals surface area contributed by atoms with Crippen molar-refractivity contribution in [2.75, 3.05) is 7.11 Å². The summed E-state index contributed by atoms with van der Waals surface area (Å²) in [6.07, 6.45) is 0. The maximum absolute atomic E-state index is 12.4. The molecule has 0 radical (unpaired) electrons. The predicted molar refractivity (Wildman–Crippen MR) is 81.1 cm³/mol. The van der Waals surface area contributed by atoms with Crippen molar-refractivity contribution >= 4 is 17.0 Å². The van der Waals surface area contributed by atoms with Crippen molar-refractivity contribution < 1.29 is 13.9 Å². The Hall–Kier alpha value is -2.76. The first-order valence-electron chi connectivity index (χ1n) is 6.84. The molecule has 0 unspecified atom stereocenters. The van der Waals surface area contributed by atoms with E-state index in [1.54, 1.807) is 29.2 Å². The smallest absolute Gasteiger partial charge is 0.374 e. The molecular weight excluding hydrogens is 284 g/mol. The Balaban J connectivity index is 2.06. The van der Waals surface area contributed by atoms with Gasteiger partial charge in [-0.2, -0.15) is 0 Å². The Morgan fingerprint density at radius 1 is 1.27 bits per heavy atom. The summed E-state index contributed by atoms with van der Waals surface area (Å²) in [5, 5.41) is 0. The number of imidazole rings is 1. The largest absolute Gasteiger partial charge is 0.463 e. The molecule has 0 N–H and O–H groups in total. The van der Waals surface area contributed by atoms with Crippen molar-refractivity contribution in [1.82, 2.24) is 9.13 Å². The van der Waals surface area contributed by atoms with Crippen molar-refractivity contribution in [3.05, 3.63) is 57.9 Å². The van der Waals surface area contributed by atoms with E-state index in [0.29, 0.717) is 11.3 Å². The van der Waals surface area contributed by atoms with Gasteiger partial charge in [0.1, 0.15) is 5.76 Å². The van der Waals surface area contributed by atoms with E-state index in [0.717, 1.165) is 11.0 Å². The summed E-state index contributed by atoms with van der Waals surface area (Å²) in [6, 6.07) is 9.29. The molecule has 2 heterocycles. The summed E-state index contributed by atoms with van der Waals surface area (Å²) in [5.41, 5.74) is 2.23. The highest BCUT2D eigenvalue weighted by molar-refractivity contribution is 5.87. The van der Waals surface area contributed by atoms with Gasteiger partial charge in [-0.05, 0) is 25.1 Å². The van der Waals surface area contributed by atoms with Crippen LogP contribution in [0.4, 0.5) is 0 Å². The highest BCUT2D eigenvalue weighted by atomic mass is 16.5. The second-order valence-corrected chi connectivity index (χ2v) is 5.13. The molecule has 0 bridgehead atoms. The number of carbonyl (C=O) groups is 1. The van der Waals surface area contributed by atoms with Crippen LogP contribution in [0.25, 0.3) is 11.0 Å². The molecule has 6 heteroatoms. The number of nitrogens with zero attached hydrogens (tertiary/aromatic N) is 2. The van der Waals surface area contributed by atoms with Gasteiger partial charge in [0.2, 0.25) is 5.76 Å². The van der Waals surface area contributed by atoms with Gasteiger partial charge >= 0.3 is 11.7 Å². The SMILES string of the molecule is COC(=O)c1oc(Cn2c(=O)n(C)c3ccccc32)cc1C. The standard InChI is InChI=1S/C16H16N2O4/c1-10-8-11(22-14(10)15(19)21-3)9-18-13-7-5-4-6-12(13)17(2)16(18)20/h4-8H,9H2,1-3H3. The van der Waals surface area contributed by atoms with Gasteiger partial charge < -0.3 is 9.15 Å². The molecule has 6 nitrogen and oxygen atoms in total. The van der Waals surface area contributed by atoms with Crippen LogP contribution in [0.1, 0.15) is 21.9 Å². The van der Waals surface area contributed by atoms with Crippen molar-refractivity contribution in [2.45, 2.75) is 13.5 Å². The van der Waals surface area contributed by atoms with Gasteiger partial charge in [0.05, 0.1) is 24.7 Å². The van der Waals surface area contributed by atoms with Crippen LogP contribution in [0.15, 0.2) is 39.5 Å². The molecule has 0 atom stereocenters. The first-order valence-corrected chi connectivity index (χ1v) is 6.84. The third-order valence-corrected chi connectivity index (χ3v) is 3.71. The van der Waals surface area contributed by atoms with Gasteiger partial charge in [-0.1, -0.05) is 12.1 Å². The number of hydrogen-bond donors (Lipinski definition) is 0. The van der Waals surface area contributed by atoms with E-state index < -0.39 is 5.97 Å². The molecule has 0 aliphatic rings. The van der Waals surface area contributed by atoms with E-state index in [1.165, 1.54) is 7.11 Å². The maximum Gasteiger partial charge on any atom is 0.374 e. The molecule has 0 saturated carbocycles. The molecule has 114 valence electrons. The number of fused-ring (bicyclic) bond motifs is 1. The van der Waals surface area contributed by atoms with Crippen LogP contribution in [0, 0.1) is 6.92 Å². The minimum atomic E-state index is -0.519. The van der Waals surface area contributed by atoms with Crippen molar-refractivity contribution in [3.8, 4) is 0 Å². The van der Waals surface area contributed by atoms with Gasteiger partial charge in [0, 0.05) is 12.6 Å². The second kappa shape index (κ2) is 5.22. The van der Waals surface area contributed by atoms with Crippen LogP contribution in [0.5, 0.6) is 0 Å². The second-order valence-electron chi connectivity index (χ2n) is 5.13. The quantitative estimate of drug-likeness (QED) is 0.695. The van der Waals surface area contributed by atoms with E-state index in [2.05, 4.69) is 4.74 Å². The first kappa shape index (κ1) is 14.2. The van der Waals surface area contributed by atoms with Crippen LogP contribution >= 0.6 is 0 Å². The van der Waals surface area contributed by atoms with Crippen molar-refractivity contribution in [1.29, 1.82) is 0 Å². The third-order valence-electron chi connectivity index (χ3n) is 3.71. The molecule has 1 aromatic carbocycles. The number of aromatic nitrogens is 2. The fraction of sp³-hybridized carbons (Fsp3) is 0.250. The average Bonchev–Trinajstić information content (AvgIpc) is 3.01. The fourth-order valence-corrected chi connectivity index (χ4v) is 2.59. The number of benzene rings is 1. The summed E-state index contributed by atoms with van der Waals surface area (Å²) >= 11 is 0. The Morgan fingerprint density at radius 2 is 1.95 bits per heavy atom. The zero-order chi connectivity index (χ0) is 15.9. The summed E-state index contributed by atoms with van der Waals surface area (Å²) in [6.45, 7) is 2.03. The van der Waals surface area contributed by atoms with Gasteiger partial charge in [0.25, 0.3) is 0 Å². The Kier molecular flexibility index (Phi) is 3.36. The van der Waals surface area contributed by atoms with Gasteiger partial charge in [0.15, 0.2) is 0 Å².